The lowest BCUT2D eigenvalue weighted by Crippen LogP contribution is -2.25. The van der Waals surface area contributed by atoms with Crippen LogP contribution in [0.25, 0.3) is 0 Å². The van der Waals surface area contributed by atoms with E-state index in [9.17, 15) is 18.0 Å². The number of halogens is 3. The Bertz CT molecular complexity index is 391. The van der Waals surface area contributed by atoms with Crippen molar-refractivity contribution in [3.8, 4) is 0 Å². The number of amides is 1. The van der Waals surface area contributed by atoms with Gasteiger partial charge in [-0.2, -0.15) is 13.2 Å². The standard InChI is InChI=1S/C10H13F3N4O/c11-10(12,13)3-1-2-4-15-9(18)7-5-17-8(14)6-16-7/h5-6H,1-4H2,(H2,14,17)(H,15,18). The van der Waals surface area contributed by atoms with Gasteiger partial charge in [0.05, 0.1) is 12.4 Å². The molecule has 0 saturated carbocycles. The molecular weight excluding hydrogens is 249 g/mol. The van der Waals surface area contributed by atoms with E-state index in [1.165, 1.54) is 12.4 Å². The fraction of sp³-hybridized carbons (Fsp3) is 0.500. The summed E-state index contributed by atoms with van der Waals surface area (Å²) in [4.78, 5) is 18.9. The van der Waals surface area contributed by atoms with E-state index in [-0.39, 0.29) is 30.9 Å². The summed E-state index contributed by atoms with van der Waals surface area (Å²) in [5.74, 6) is -0.286. The summed E-state index contributed by atoms with van der Waals surface area (Å²) in [6.07, 6.45) is -2.30. The van der Waals surface area contributed by atoms with Crippen molar-refractivity contribution < 1.29 is 18.0 Å². The highest BCUT2D eigenvalue weighted by atomic mass is 19.4. The second-order valence-corrected chi connectivity index (χ2v) is 3.65. The van der Waals surface area contributed by atoms with Crippen molar-refractivity contribution >= 4 is 11.7 Å². The minimum absolute atomic E-state index is 0.0167. The van der Waals surface area contributed by atoms with E-state index in [1.54, 1.807) is 0 Å². The number of hydrogen-bond acceptors (Lipinski definition) is 4. The Kier molecular flexibility index (Phi) is 4.87. The van der Waals surface area contributed by atoms with Crippen molar-refractivity contribution in [2.75, 3.05) is 12.3 Å². The largest absolute Gasteiger partial charge is 0.389 e. The summed E-state index contributed by atoms with van der Waals surface area (Å²) in [6.45, 7) is 0.168. The molecule has 1 amide bonds. The zero-order valence-electron chi connectivity index (χ0n) is 9.50. The van der Waals surface area contributed by atoms with Crippen LogP contribution < -0.4 is 11.1 Å². The van der Waals surface area contributed by atoms with Gasteiger partial charge in [-0.15, -0.1) is 0 Å². The second kappa shape index (κ2) is 6.18. The van der Waals surface area contributed by atoms with Crippen LogP contribution >= 0.6 is 0 Å². The molecule has 18 heavy (non-hydrogen) atoms. The number of nitrogens with two attached hydrogens (primary N) is 1. The Morgan fingerprint density at radius 1 is 1.28 bits per heavy atom. The van der Waals surface area contributed by atoms with Gasteiger partial charge in [-0.3, -0.25) is 4.79 Å². The molecule has 1 aromatic heterocycles. The molecule has 0 unspecified atom stereocenters. The van der Waals surface area contributed by atoms with Crippen molar-refractivity contribution in [1.29, 1.82) is 0 Å². The molecule has 0 bridgehead atoms. The monoisotopic (exact) mass is 262 g/mol. The van der Waals surface area contributed by atoms with E-state index in [2.05, 4.69) is 15.3 Å². The van der Waals surface area contributed by atoms with Crippen LogP contribution in [-0.2, 0) is 0 Å². The van der Waals surface area contributed by atoms with Crippen LogP contribution in [0.1, 0.15) is 29.8 Å². The van der Waals surface area contributed by atoms with Gasteiger partial charge in [-0.05, 0) is 12.8 Å². The predicted molar refractivity (Wildman–Crippen MR) is 58.7 cm³/mol. The number of anilines is 1. The Hall–Kier alpha value is -1.86. The minimum atomic E-state index is -4.15. The van der Waals surface area contributed by atoms with Gasteiger partial charge in [0.25, 0.3) is 5.91 Å². The second-order valence-electron chi connectivity index (χ2n) is 3.65. The lowest BCUT2D eigenvalue weighted by atomic mass is 10.2. The molecule has 0 fully saturated rings. The molecule has 0 aromatic carbocycles. The average Bonchev–Trinajstić information content (AvgIpc) is 2.27. The molecule has 0 aliphatic rings. The molecule has 0 spiro atoms. The summed E-state index contributed by atoms with van der Waals surface area (Å²) in [5, 5.41) is 2.46. The molecule has 0 atom stereocenters. The van der Waals surface area contributed by atoms with Crippen LogP contribution in [0.15, 0.2) is 12.4 Å². The first-order valence-electron chi connectivity index (χ1n) is 5.31. The maximum absolute atomic E-state index is 11.8. The number of nitrogen functional groups attached to an aromatic ring is 1. The number of aromatic nitrogens is 2. The molecule has 0 aliphatic heterocycles. The van der Waals surface area contributed by atoms with Crippen molar-refractivity contribution in [3.05, 3.63) is 18.1 Å². The maximum atomic E-state index is 11.8. The SMILES string of the molecule is Nc1cnc(C(=O)NCCCCC(F)(F)F)cn1. The van der Waals surface area contributed by atoms with Crippen LogP contribution in [0.4, 0.5) is 19.0 Å². The maximum Gasteiger partial charge on any atom is 0.389 e. The fourth-order valence-electron chi connectivity index (χ4n) is 1.20. The first-order valence-corrected chi connectivity index (χ1v) is 5.31. The topological polar surface area (TPSA) is 80.9 Å². The number of carbonyl (C=O) groups excluding carboxylic acids is 1. The molecule has 8 heteroatoms. The molecule has 1 heterocycles. The molecule has 0 saturated heterocycles. The van der Waals surface area contributed by atoms with E-state index in [1.807, 2.05) is 0 Å². The van der Waals surface area contributed by atoms with Crippen LogP contribution in [0, 0.1) is 0 Å². The van der Waals surface area contributed by atoms with Gasteiger partial charge in [0.1, 0.15) is 11.5 Å². The van der Waals surface area contributed by atoms with E-state index < -0.39 is 18.5 Å². The number of nitrogens with one attached hydrogen (secondary N) is 1. The Morgan fingerprint density at radius 3 is 2.56 bits per heavy atom. The van der Waals surface area contributed by atoms with Gasteiger partial charge in [0, 0.05) is 13.0 Å². The molecule has 100 valence electrons. The third-order valence-electron chi connectivity index (χ3n) is 2.08. The van der Waals surface area contributed by atoms with Crippen LogP contribution in [0.3, 0.4) is 0 Å². The third kappa shape index (κ3) is 5.46. The normalized spacial score (nSPS) is 11.3. The highest BCUT2D eigenvalue weighted by Gasteiger charge is 2.25. The Morgan fingerprint density at radius 2 is 2.00 bits per heavy atom. The third-order valence-corrected chi connectivity index (χ3v) is 2.08. The number of nitrogens with zero attached hydrogens (tertiary/aromatic N) is 2. The van der Waals surface area contributed by atoms with E-state index in [4.69, 9.17) is 5.73 Å². The minimum Gasteiger partial charge on any atom is -0.382 e. The van der Waals surface area contributed by atoms with Crippen molar-refractivity contribution in [2.45, 2.75) is 25.4 Å². The number of alkyl halides is 3. The van der Waals surface area contributed by atoms with Crippen molar-refractivity contribution in [3.63, 3.8) is 0 Å². The smallest absolute Gasteiger partial charge is 0.382 e. The van der Waals surface area contributed by atoms with Gasteiger partial charge in [-0.25, -0.2) is 9.97 Å². The number of hydrogen-bond donors (Lipinski definition) is 2. The van der Waals surface area contributed by atoms with Crippen LogP contribution in [-0.4, -0.2) is 28.6 Å². The van der Waals surface area contributed by atoms with Gasteiger partial charge in [0.15, 0.2) is 0 Å². The van der Waals surface area contributed by atoms with Gasteiger partial charge in [0.2, 0.25) is 0 Å². The molecule has 1 aromatic rings. The number of rotatable bonds is 5. The zero-order chi connectivity index (χ0) is 13.6. The molecule has 1 rings (SSSR count). The van der Waals surface area contributed by atoms with Crippen molar-refractivity contribution in [2.24, 2.45) is 0 Å². The quantitative estimate of drug-likeness (QED) is 0.788. The molecular formula is C10H13F3N4O. The Labute approximate surface area is 102 Å². The molecule has 0 aliphatic carbocycles. The van der Waals surface area contributed by atoms with Crippen LogP contribution in [0.5, 0.6) is 0 Å². The fourth-order valence-corrected chi connectivity index (χ4v) is 1.20. The zero-order valence-corrected chi connectivity index (χ0v) is 9.50. The summed E-state index contributed by atoms with van der Waals surface area (Å²) >= 11 is 0. The Balaban J connectivity index is 2.24. The predicted octanol–water partition coefficient (Wildman–Crippen LogP) is 1.52. The first kappa shape index (κ1) is 14.2. The van der Waals surface area contributed by atoms with E-state index >= 15 is 0 Å². The highest BCUT2D eigenvalue weighted by Crippen LogP contribution is 2.21. The number of carbonyl (C=O) groups is 1. The van der Waals surface area contributed by atoms with E-state index in [0.29, 0.717) is 0 Å². The van der Waals surface area contributed by atoms with Gasteiger partial charge in [-0.1, -0.05) is 0 Å². The summed E-state index contributed by atoms with van der Waals surface area (Å²) < 4.78 is 35.5. The molecule has 0 radical (unpaired) electrons. The molecule has 5 nitrogen and oxygen atoms in total. The van der Waals surface area contributed by atoms with Crippen molar-refractivity contribution in [1.82, 2.24) is 15.3 Å². The van der Waals surface area contributed by atoms with Gasteiger partial charge < -0.3 is 11.1 Å². The van der Waals surface area contributed by atoms with Gasteiger partial charge >= 0.3 is 6.18 Å². The highest BCUT2D eigenvalue weighted by molar-refractivity contribution is 5.91. The average molecular weight is 262 g/mol. The molecule has 3 N–H and O–H groups in total. The summed E-state index contributed by atoms with van der Waals surface area (Å²) in [5.41, 5.74) is 5.38. The lowest BCUT2D eigenvalue weighted by Gasteiger charge is -2.06. The van der Waals surface area contributed by atoms with Crippen LogP contribution in [0.2, 0.25) is 0 Å². The van der Waals surface area contributed by atoms with E-state index in [0.717, 1.165) is 0 Å². The lowest BCUT2D eigenvalue weighted by molar-refractivity contribution is -0.135. The summed E-state index contributed by atoms with van der Waals surface area (Å²) in [7, 11) is 0. The number of unbranched alkanes of at least 4 members (excludes halogenated alkanes) is 1. The summed E-state index contributed by atoms with van der Waals surface area (Å²) in [6, 6.07) is 0. The first-order chi connectivity index (χ1) is 8.38.